The molecule has 168 valence electrons. The van der Waals surface area contributed by atoms with Gasteiger partial charge in [0, 0.05) is 17.1 Å². The average Bonchev–Trinajstić information content (AvgIpc) is 2.81. The van der Waals surface area contributed by atoms with Crippen LogP contribution >= 0.6 is 0 Å². The molecule has 0 aliphatic carbocycles. The molecule has 0 aliphatic rings. The topological polar surface area (TPSA) is 114 Å². The van der Waals surface area contributed by atoms with Crippen LogP contribution < -0.4 is 33.2 Å². The molecule has 0 heterocycles. The number of benzene rings is 4. The molecule has 0 atom stereocenters. The number of hydrogen-bond donors (Lipinski definition) is 6. The minimum absolute atomic E-state index is 0.198. The SMILES string of the molecule is Nc1c(Nc2ccc(F)cc2)c(N)c(Nc2ccc(F)cc2)c(N)c1Nc1ccc(F)cc1. The van der Waals surface area contributed by atoms with E-state index in [4.69, 9.17) is 17.2 Å². The number of anilines is 9. The van der Waals surface area contributed by atoms with E-state index < -0.39 is 17.5 Å². The zero-order chi connectivity index (χ0) is 23.5. The first kappa shape index (κ1) is 21.7. The second kappa shape index (κ2) is 8.91. The van der Waals surface area contributed by atoms with Gasteiger partial charge in [0.05, 0.1) is 34.1 Å². The third-order valence-electron chi connectivity index (χ3n) is 4.96. The van der Waals surface area contributed by atoms with E-state index in [9.17, 15) is 13.2 Å². The zero-order valence-corrected chi connectivity index (χ0v) is 17.3. The Morgan fingerprint density at radius 3 is 0.818 bits per heavy atom. The van der Waals surface area contributed by atoms with Crippen molar-refractivity contribution in [2.45, 2.75) is 0 Å². The Labute approximate surface area is 188 Å². The van der Waals surface area contributed by atoms with Crippen LogP contribution in [0.2, 0.25) is 0 Å². The first-order valence-electron chi connectivity index (χ1n) is 9.90. The fourth-order valence-electron chi connectivity index (χ4n) is 3.25. The van der Waals surface area contributed by atoms with Crippen LogP contribution in [0.3, 0.4) is 0 Å². The largest absolute Gasteiger partial charge is 0.395 e. The summed E-state index contributed by atoms with van der Waals surface area (Å²) in [6.45, 7) is 0. The third-order valence-corrected chi connectivity index (χ3v) is 4.96. The van der Waals surface area contributed by atoms with Gasteiger partial charge >= 0.3 is 0 Å². The third kappa shape index (κ3) is 4.72. The quantitative estimate of drug-likeness (QED) is 0.198. The minimum atomic E-state index is -0.392. The Balaban J connectivity index is 1.82. The standard InChI is InChI=1S/C24H21F3N6/c25-13-1-7-16(8-2-13)31-22-19(28)23(32-17-9-3-14(26)4-10-17)21(30)24(20(22)29)33-18-11-5-15(27)6-12-18/h1-12,31-33H,28-30H2. The molecule has 4 aromatic rings. The van der Waals surface area contributed by atoms with Gasteiger partial charge in [-0.3, -0.25) is 0 Å². The molecule has 0 aliphatic heterocycles. The van der Waals surface area contributed by atoms with E-state index in [1.807, 2.05) is 0 Å². The number of nitrogen functional groups attached to an aromatic ring is 3. The van der Waals surface area contributed by atoms with E-state index in [2.05, 4.69) is 16.0 Å². The molecule has 0 saturated carbocycles. The number of halogens is 3. The van der Waals surface area contributed by atoms with Crippen molar-refractivity contribution in [3.05, 3.63) is 90.2 Å². The van der Waals surface area contributed by atoms with Gasteiger partial charge in [0.2, 0.25) is 0 Å². The number of rotatable bonds is 6. The maximum absolute atomic E-state index is 13.3. The van der Waals surface area contributed by atoms with Crippen molar-refractivity contribution in [3.8, 4) is 0 Å². The van der Waals surface area contributed by atoms with Crippen LogP contribution in [0.5, 0.6) is 0 Å². The predicted octanol–water partition coefficient (Wildman–Crippen LogP) is 6.08. The summed E-state index contributed by atoms with van der Waals surface area (Å²) in [4.78, 5) is 0. The lowest BCUT2D eigenvalue weighted by Crippen LogP contribution is -2.11. The van der Waals surface area contributed by atoms with Gasteiger partial charge in [-0.1, -0.05) is 0 Å². The van der Waals surface area contributed by atoms with Crippen LogP contribution in [0.15, 0.2) is 72.8 Å². The van der Waals surface area contributed by atoms with Gasteiger partial charge in [-0.05, 0) is 72.8 Å². The maximum atomic E-state index is 13.3. The highest BCUT2D eigenvalue weighted by atomic mass is 19.1. The van der Waals surface area contributed by atoms with Crippen molar-refractivity contribution in [3.63, 3.8) is 0 Å². The Morgan fingerprint density at radius 2 is 0.606 bits per heavy atom. The summed E-state index contributed by atoms with van der Waals surface area (Å²) in [5, 5.41) is 9.28. The second-order valence-corrected chi connectivity index (χ2v) is 7.26. The molecule has 4 rings (SSSR count). The normalized spacial score (nSPS) is 10.6. The van der Waals surface area contributed by atoms with Crippen LogP contribution in [0.1, 0.15) is 0 Å². The minimum Gasteiger partial charge on any atom is -0.395 e. The van der Waals surface area contributed by atoms with Gasteiger partial charge in [-0.15, -0.1) is 0 Å². The summed E-state index contributed by atoms with van der Waals surface area (Å²) in [5.41, 5.74) is 22.4. The van der Waals surface area contributed by atoms with Gasteiger partial charge in [0.15, 0.2) is 0 Å². The highest BCUT2D eigenvalue weighted by Crippen LogP contribution is 2.48. The first-order chi connectivity index (χ1) is 15.8. The summed E-state index contributed by atoms with van der Waals surface area (Å²) >= 11 is 0. The van der Waals surface area contributed by atoms with E-state index in [1.54, 1.807) is 0 Å². The van der Waals surface area contributed by atoms with Crippen LogP contribution in [-0.4, -0.2) is 0 Å². The van der Waals surface area contributed by atoms with E-state index in [0.29, 0.717) is 34.1 Å². The van der Waals surface area contributed by atoms with Crippen LogP contribution in [0.25, 0.3) is 0 Å². The van der Waals surface area contributed by atoms with Crippen LogP contribution in [0, 0.1) is 17.5 Å². The first-order valence-corrected chi connectivity index (χ1v) is 9.90. The van der Waals surface area contributed by atoms with Crippen molar-refractivity contribution in [2.75, 3.05) is 33.2 Å². The average molecular weight is 450 g/mol. The van der Waals surface area contributed by atoms with Gasteiger partial charge in [-0.25, -0.2) is 13.2 Å². The molecule has 0 bridgehead atoms. The maximum Gasteiger partial charge on any atom is 0.123 e. The molecular formula is C24H21F3N6. The molecule has 0 fully saturated rings. The van der Waals surface area contributed by atoms with Gasteiger partial charge in [0.1, 0.15) is 17.5 Å². The molecule has 33 heavy (non-hydrogen) atoms. The lowest BCUT2D eigenvalue weighted by molar-refractivity contribution is 0.627. The Kier molecular flexibility index (Phi) is 5.86. The highest BCUT2D eigenvalue weighted by molar-refractivity contribution is 6.08. The van der Waals surface area contributed by atoms with Gasteiger partial charge < -0.3 is 33.2 Å². The molecule has 0 amide bonds. The summed E-state index contributed by atoms with van der Waals surface area (Å²) in [6, 6.07) is 17.0. The summed E-state index contributed by atoms with van der Waals surface area (Å²) in [6.07, 6.45) is 0. The van der Waals surface area contributed by atoms with Crippen molar-refractivity contribution >= 4 is 51.2 Å². The Bertz CT molecular complexity index is 1090. The molecule has 0 unspecified atom stereocenters. The lowest BCUT2D eigenvalue weighted by Gasteiger charge is -2.23. The predicted molar refractivity (Wildman–Crippen MR) is 129 cm³/mol. The molecule has 0 radical (unpaired) electrons. The van der Waals surface area contributed by atoms with Gasteiger partial charge in [0.25, 0.3) is 0 Å². The van der Waals surface area contributed by atoms with Crippen molar-refractivity contribution in [1.29, 1.82) is 0 Å². The summed E-state index contributed by atoms with van der Waals surface area (Å²) in [7, 11) is 0. The number of nitrogens with one attached hydrogen (secondary N) is 3. The fourth-order valence-corrected chi connectivity index (χ4v) is 3.25. The molecule has 0 saturated heterocycles. The van der Waals surface area contributed by atoms with Crippen LogP contribution in [-0.2, 0) is 0 Å². The van der Waals surface area contributed by atoms with Crippen molar-refractivity contribution in [1.82, 2.24) is 0 Å². The molecule has 6 nitrogen and oxygen atoms in total. The molecule has 4 aromatic carbocycles. The molecule has 9 N–H and O–H groups in total. The van der Waals surface area contributed by atoms with E-state index >= 15 is 0 Å². The molecule has 9 heteroatoms. The monoisotopic (exact) mass is 450 g/mol. The zero-order valence-electron chi connectivity index (χ0n) is 17.3. The molecule has 0 spiro atoms. The number of nitrogens with two attached hydrogens (primary N) is 3. The van der Waals surface area contributed by atoms with Crippen molar-refractivity contribution < 1.29 is 13.2 Å². The van der Waals surface area contributed by atoms with E-state index in [0.717, 1.165) is 0 Å². The van der Waals surface area contributed by atoms with E-state index in [1.165, 1.54) is 72.8 Å². The fraction of sp³-hybridized carbons (Fsp3) is 0. The smallest absolute Gasteiger partial charge is 0.123 e. The number of hydrogen-bond acceptors (Lipinski definition) is 6. The summed E-state index contributed by atoms with van der Waals surface area (Å²) in [5.74, 6) is -1.18. The summed E-state index contributed by atoms with van der Waals surface area (Å²) < 4.78 is 40.0. The second-order valence-electron chi connectivity index (χ2n) is 7.26. The van der Waals surface area contributed by atoms with Crippen LogP contribution in [0.4, 0.5) is 64.4 Å². The molecule has 0 aromatic heterocycles. The Morgan fingerprint density at radius 1 is 0.394 bits per heavy atom. The molecular weight excluding hydrogens is 429 g/mol. The Hall–Kier alpha value is -4.53. The van der Waals surface area contributed by atoms with Crippen molar-refractivity contribution in [2.24, 2.45) is 0 Å². The lowest BCUT2D eigenvalue weighted by atomic mass is 10.1. The van der Waals surface area contributed by atoms with E-state index in [-0.39, 0.29) is 17.1 Å². The highest BCUT2D eigenvalue weighted by Gasteiger charge is 2.21. The van der Waals surface area contributed by atoms with Gasteiger partial charge in [-0.2, -0.15) is 0 Å².